The number of nitrogens with zero attached hydrogens (tertiary/aromatic N) is 2. The first-order valence-electron chi connectivity index (χ1n) is 5.91. The van der Waals surface area contributed by atoms with Crippen LogP contribution in [0.5, 0.6) is 5.75 Å². The molecular weight excluding hydrogens is 230 g/mol. The van der Waals surface area contributed by atoms with E-state index in [0.29, 0.717) is 31.3 Å². The molecule has 96 valence electrons. The largest absolute Gasteiger partial charge is 0.485 e. The molecule has 2 rings (SSSR count). The molecule has 0 aliphatic carbocycles. The fourth-order valence-corrected chi connectivity index (χ4v) is 1.74. The second-order valence-corrected chi connectivity index (χ2v) is 4.15. The predicted octanol–water partition coefficient (Wildman–Crippen LogP) is 1.77. The molecule has 0 unspecified atom stereocenters. The maximum absolute atomic E-state index is 5.73. The topological polar surface area (TPSA) is 74.2 Å². The van der Waals surface area contributed by atoms with Crippen LogP contribution in [0.3, 0.4) is 0 Å². The zero-order chi connectivity index (χ0) is 13.0. The molecule has 0 saturated heterocycles. The molecule has 0 aliphatic rings. The number of aryl methyl sites for hydroxylation is 2. The first-order valence-corrected chi connectivity index (χ1v) is 5.91. The average Bonchev–Trinajstić information content (AvgIpc) is 2.77. The van der Waals surface area contributed by atoms with Crippen LogP contribution in [-0.4, -0.2) is 16.7 Å². The Morgan fingerprint density at radius 3 is 2.67 bits per heavy atom. The van der Waals surface area contributed by atoms with Crippen LogP contribution >= 0.6 is 0 Å². The van der Waals surface area contributed by atoms with E-state index < -0.39 is 0 Å². The standard InChI is InChI=1S/C13H17N3O2/c1-9-4-3-5-10(2)13(9)17-8-11-15-12(6-7-14)18-16-11/h3-5H,6-8,14H2,1-2H3. The Kier molecular flexibility index (Phi) is 3.94. The smallest absolute Gasteiger partial charge is 0.228 e. The van der Waals surface area contributed by atoms with Gasteiger partial charge < -0.3 is 15.0 Å². The van der Waals surface area contributed by atoms with Crippen LogP contribution < -0.4 is 10.5 Å². The summed E-state index contributed by atoms with van der Waals surface area (Å²) in [6, 6.07) is 6.03. The molecule has 0 fully saturated rings. The van der Waals surface area contributed by atoms with Gasteiger partial charge in [-0.3, -0.25) is 0 Å². The summed E-state index contributed by atoms with van der Waals surface area (Å²) in [5.74, 6) is 1.97. The minimum absolute atomic E-state index is 0.305. The molecule has 0 radical (unpaired) electrons. The molecule has 5 nitrogen and oxygen atoms in total. The van der Waals surface area contributed by atoms with Crippen molar-refractivity contribution in [3.8, 4) is 5.75 Å². The highest BCUT2D eigenvalue weighted by atomic mass is 16.5. The lowest BCUT2D eigenvalue weighted by Crippen LogP contribution is -2.04. The van der Waals surface area contributed by atoms with Crippen molar-refractivity contribution in [3.05, 3.63) is 41.0 Å². The quantitative estimate of drug-likeness (QED) is 0.871. The molecule has 1 aromatic carbocycles. The normalized spacial score (nSPS) is 10.6. The van der Waals surface area contributed by atoms with E-state index in [9.17, 15) is 0 Å². The van der Waals surface area contributed by atoms with Crippen LogP contribution in [0.1, 0.15) is 22.8 Å². The number of para-hydroxylation sites is 1. The number of hydrogen-bond acceptors (Lipinski definition) is 5. The molecular formula is C13H17N3O2. The van der Waals surface area contributed by atoms with E-state index in [-0.39, 0.29) is 0 Å². The lowest BCUT2D eigenvalue weighted by molar-refractivity contribution is 0.281. The van der Waals surface area contributed by atoms with Gasteiger partial charge in [-0.25, -0.2) is 0 Å². The van der Waals surface area contributed by atoms with E-state index in [2.05, 4.69) is 10.1 Å². The molecule has 0 spiro atoms. The van der Waals surface area contributed by atoms with Crippen molar-refractivity contribution in [2.24, 2.45) is 5.73 Å². The lowest BCUT2D eigenvalue weighted by Gasteiger charge is -2.09. The molecule has 2 N–H and O–H groups in total. The first kappa shape index (κ1) is 12.6. The maximum atomic E-state index is 5.73. The van der Waals surface area contributed by atoms with Gasteiger partial charge in [-0.1, -0.05) is 23.4 Å². The maximum Gasteiger partial charge on any atom is 0.228 e. The molecule has 1 aromatic heterocycles. The number of benzene rings is 1. The fraction of sp³-hybridized carbons (Fsp3) is 0.385. The van der Waals surface area contributed by atoms with Crippen LogP contribution in [-0.2, 0) is 13.0 Å². The molecule has 0 saturated carbocycles. The van der Waals surface area contributed by atoms with Crippen molar-refractivity contribution in [2.45, 2.75) is 26.9 Å². The molecule has 0 atom stereocenters. The van der Waals surface area contributed by atoms with Crippen LogP contribution in [0.4, 0.5) is 0 Å². The highest BCUT2D eigenvalue weighted by Crippen LogP contribution is 2.22. The summed E-state index contributed by atoms with van der Waals surface area (Å²) >= 11 is 0. The molecule has 5 heteroatoms. The van der Waals surface area contributed by atoms with E-state index in [0.717, 1.165) is 16.9 Å². The minimum atomic E-state index is 0.305. The van der Waals surface area contributed by atoms with Crippen molar-refractivity contribution in [1.82, 2.24) is 10.1 Å². The van der Waals surface area contributed by atoms with Gasteiger partial charge in [-0.2, -0.15) is 4.98 Å². The Morgan fingerprint density at radius 2 is 2.00 bits per heavy atom. The van der Waals surface area contributed by atoms with Crippen molar-refractivity contribution in [2.75, 3.05) is 6.54 Å². The summed E-state index contributed by atoms with van der Waals surface area (Å²) in [5.41, 5.74) is 7.61. The Morgan fingerprint density at radius 1 is 1.28 bits per heavy atom. The third-order valence-corrected chi connectivity index (χ3v) is 2.62. The molecule has 0 bridgehead atoms. The van der Waals surface area contributed by atoms with Crippen LogP contribution in [0.2, 0.25) is 0 Å². The lowest BCUT2D eigenvalue weighted by atomic mass is 10.1. The first-order chi connectivity index (χ1) is 8.70. The average molecular weight is 247 g/mol. The van der Waals surface area contributed by atoms with Crippen molar-refractivity contribution >= 4 is 0 Å². The second kappa shape index (κ2) is 5.64. The Balaban J connectivity index is 2.02. The highest BCUT2D eigenvalue weighted by molar-refractivity contribution is 5.39. The number of ether oxygens (including phenoxy) is 1. The van der Waals surface area contributed by atoms with E-state index in [1.165, 1.54) is 0 Å². The molecule has 0 amide bonds. The predicted molar refractivity (Wildman–Crippen MR) is 67.3 cm³/mol. The van der Waals surface area contributed by atoms with Gasteiger partial charge >= 0.3 is 0 Å². The SMILES string of the molecule is Cc1cccc(C)c1OCc1noc(CCN)n1. The summed E-state index contributed by atoms with van der Waals surface area (Å²) in [6.45, 7) is 4.83. The Labute approximate surface area is 106 Å². The summed E-state index contributed by atoms with van der Waals surface area (Å²) in [5, 5.41) is 3.84. The van der Waals surface area contributed by atoms with Gasteiger partial charge in [0.25, 0.3) is 0 Å². The molecule has 2 aromatic rings. The van der Waals surface area contributed by atoms with Gasteiger partial charge in [0, 0.05) is 13.0 Å². The molecule has 18 heavy (non-hydrogen) atoms. The van der Waals surface area contributed by atoms with E-state index in [1.807, 2.05) is 32.0 Å². The van der Waals surface area contributed by atoms with E-state index in [4.69, 9.17) is 15.0 Å². The second-order valence-electron chi connectivity index (χ2n) is 4.15. The van der Waals surface area contributed by atoms with Crippen molar-refractivity contribution < 1.29 is 9.26 Å². The van der Waals surface area contributed by atoms with E-state index in [1.54, 1.807) is 0 Å². The highest BCUT2D eigenvalue weighted by Gasteiger charge is 2.08. The van der Waals surface area contributed by atoms with Crippen LogP contribution in [0, 0.1) is 13.8 Å². The Bertz CT molecular complexity index is 502. The van der Waals surface area contributed by atoms with Crippen LogP contribution in [0.15, 0.2) is 22.7 Å². The van der Waals surface area contributed by atoms with Gasteiger partial charge in [0.05, 0.1) is 0 Å². The van der Waals surface area contributed by atoms with Gasteiger partial charge in [0.2, 0.25) is 11.7 Å². The van der Waals surface area contributed by atoms with Gasteiger partial charge in [0.1, 0.15) is 5.75 Å². The summed E-state index contributed by atoms with van der Waals surface area (Å²) in [4.78, 5) is 4.19. The monoisotopic (exact) mass is 247 g/mol. The minimum Gasteiger partial charge on any atom is -0.485 e. The summed E-state index contributed by atoms with van der Waals surface area (Å²) in [7, 11) is 0. The number of nitrogens with two attached hydrogens (primary N) is 1. The Hall–Kier alpha value is -1.88. The number of hydrogen-bond donors (Lipinski definition) is 1. The third-order valence-electron chi connectivity index (χ3n) is 2.62. The molecule has 1 heterocycles. The van der Waals surface area contributed by atoms with Crippen molar-refractivity contribution in [1.29, 1.82) is 0 Å². The zero-order valence-corrected chi connectivity index (χ0v) is 10.6. The van der Waals surface area contributed by atoms with E-state index >= 15 is 0 Å². The zero-order valence-electron chi connectivity index (χ0n) is 10.6. The number of rotatable bonds is 5. The van der Waals surface area contributed by atoms with Gasteiger partial charge in [-0.05, 0) is 25.0 Å². The van der Waals surface area contributed by atoms with Crippen molar-refractivity contribution in [3.63, 3.8) is 0 Å². The van der Waals surface area contributed by atoms with Gasteiger partial charge in [-0.15, -0.1) is 0 Å². The molecule has 0 aliphatic heterocycles. The summed E-state index contributed by atoms with van der Waals surface area (Å²) < 4.78 is 10.8. The third kappa shape index (κ3) is 2.87. The van der Waals surface area contributed by atoms with Crippen LogP contribution in [0.25, 0.3) is 0 Å². The summed E-state index contributed by atoms with van der Waals surface area (Å²) in [6.07, 6.45) is 0.594. The fourth-order valence-electron chi connectivity index (χ4n) is 1.74. The van der Waals surface area contributed by atoms with Gasteiger partial charge in [0.15, 0.2) is 6.61 Å². The number of aromatic nitrogens is 2.